The number of rotatable bonds is 6. The summed E-state index contributed by atoms with van der Waals surface area (Å²) in [7, 11) is 0. The van der Waals surface area contributed by atoms with Gasteiger partial charge in [-0.05, 0) is 68.1 Å². The Morgan fingerprint density at radius 2 is 1.83 bits per heavy atom. The van der Waals surface area contributed by atoms with Crippen molar-refractivity contribution in [3.05, 3.63) is 24.8 Å². The van der Waals surface area contributed by atoms with E-state index >= 15 is 0 Å². The van der Waals surface area contributed by atoms with Gasteiger partial charge < -0.3 is 9.47 Å². The molecular formula is C19H26O4. The molecule has 3 rings (SSSR count). The summed E-state index contributed by atoms with van der Waals surface area (Å²) in [4.78, 5) is 22.9. The Bertz CT molecular complexity index is 523. The van der Waals surface area contributed by atoms with Gasteiger partial charge in [-0.2, -0.15) is 0 Å². The standard InChI is InChI=1S/C19H26O4/c1-4-17(20)22-10-14-7-13-8-16(14)15-6-5-12(18(13)15)9-23-19(21)11(2)3/h4,12-16,18H,1-2,5-10H2,3H3. The second-order valence-corrected chi connectivity index (χ2v) is 7.45. The van der Waals surface area contributed by atoms with Crippen LogP contribution in [0.5, 0.6) is 0 Å². The lowest BCUT2D eigenvalue weighted by Crippen LogP contribution is -2.31. The Morgan fingerprint density at radius 1 is 1.09 bits per heavy atom. The van der Waals surface area contributed by atoms with E-state index in [1.165, 1.54) is 18.9 Å². The second-order valence-electron chi connectivity index (χ2n) is 7.45. The molecule has 0 aromatic rings. The summed E-state index contributed by atoms with van der Waals surface area (Å²) in [6.45, 7) is 9.83. The topological polar surface area (TPSA) is 52.6 Å². The number of hydrogen-bond acceptors (Lipinski definition) is 4. The number of hydrogen-bond donors (Lipinski definition) is 0. The summed E-state index contributed by atoms with van der Waals surface area (Å²) in [5, 5.41) is 0. The van der Waals surface area contributed by atoms with Crippen molar-refractivity contribution in [2.75, 3.05) is 13.2 Å². The maximum Gasteiger partial charge on any atom is 0.333 e. The van der Waals surface area contributed by atoms with Gasteiger partial charge >= 0.3 is 11.9 Å². The third-order valence-electron chi connectivity index (χ3n) is 6.17. The van der Waals surface area contributed by atoms with E-state index in [1.54, 1.807) is 6.92 Å². The summed E-state index contributed by atoms with van der Waals surface area (Å²) in [5.74, 6) is 3.18. The van der Waals surface area contributed by atoms with Gasteiger partial charge in [0.05, 0.1) is 13.2 Å². The van der Waals surface area contributed by atoms with Crippen LogP contribution in [-0.4, -0.2) is 25.2 Å². The average Bonchev–Trinajstić information content (AvgIpc) is 3.21. The Balaban J connectivity index is 1.54. The lowest BCUT2D eigenvalue weighted by molar-refractivity contribution is -0.141. The minimum absolute atomic E-state index is 0.272. The van der Waals surface area contributed by atoms with Crippen molar-refractivity contribution in [1.82, 2.24) is 0 Å². The van der Waals surface area contributed by atoms with E-state index in [4.69, 9.17) is 9.47 Å². The Hall–Kier alpha value is -1.58. The highest BCUT2D eigenvalue weighted by Crippen LogP contribution is 2.62. The van der Waals surface area contributed by atoms with E-state index in [1.807, 2.05) is 0 Å². The minimum atomic E-state index is -0.319. The van der Waals surface area contributed by atoms with E-state index < -0.39 is 0 Å². The molecule has 0 spiro atoms. The van der Waals surface area contributed by atoms with Crippen molar-refractivity contribution in [2.45, 2.75) is 32.6 Å². The van der Waals surface area contributed by atoms with E-state index in [9.17, 15) is 9.59 Å². The van der Waals surface area contributed by atoms with Gasteiger partial charge in [0.25, 0.3) is 0 Å². The number of carbonyl (C=O) groups is 2. The molecule has 23 heavy (non-hydrogen) atoms. The first kappa shape index (κ1) is 16.3. The fourth-order valence-electron chi connectivity index (χ4n) is 5.36. The van der Waals surface area contributed by atoms with Gasteiger partial charge in [-0.3, -0.25) is 0 Å². The molecule has 0 aromatic heterocycles. The number of ether oxygens (including phenoxy) is 2. The van der Waals surface area contributed by atoms with Gasteiger partial charge in [0.2, 0.25) is 0 Å². The lowest BCUT2D eigenvalue weighted by Gasteiger charge is -2.33. The van der Waals surface area contributed by atoms with E-state index in [0.29, 0.717) is 48.4 Å². The van der Waals surface area contributed by atoms with Crippen LogP contribution in [0, 0.1) is 35.5 Å². The SMILES string of the molecule is C=CC(=O)OCC1CC2CC1C1CCC(COC(=O)C(=C)C)C21. The van der Waals surface area contributed by atoms with Crippen LogP contribution in [0.3, 0.4) is 0 Å². The molecular weight excluding hydrogens is 292 g/mol. The Kier molecular flexibility index (Phi) is 4.60. The molecule has 3 fully saturated rings. The summed E-state index contributed by atoms with van der Waals surface area (Å²) >= 11 is 0. The van der Waals surface area contributed by atoms with Crippen LogP contribution in [0.2, 0.25) is 0 Å². The second kappa shape index (κ2) is 6.50. The summed E-state index contributed by atoms with van der Waals surface area (Å²) in [6.07, 6.45) is 5.98. The molecule has 4 heteroatoms. The maximum atomic E-state index is 11.6. The average molecular weight is 318 g/mol. The van der Waals surface area contributed by atoms with Crippen molar-refractivity contribution in [1.29, 1.82) is 0 Å². The summed E-state index contributed by atoms with van der Waals surface area (Å²) < 4.78 is 10.7. The Labute approximate surface area is 137 Å². The first-order valence-electron chi connectivity index (χ1n) is 8.63. The largest absolute Gasteiger partial charge is 0.462 e. The highest BCUT2D eigenvalue weighted by Gasteiger charge is 2.57. The van der Waals surface area contributed by atoms with Gasteiger partial charge in [0.15, 0.2) is 0 Å². The van der Waals surface area contributed by atoms with Crippen molar-refractivity contribution in [3.63, 3.8) is 0 Å². The molecule has 3 aliphatic carbocycles. The lowest BCUT2D eigenvalue weighted by atomic mass is 9.73. The first-order valence-corrected chi connectivity index (χ1v) is 8.63. The number of fused-ring (bicyclic) bond motifs is 5. The number of esters is 2. The molecule has 0 N–H and O–H groups in total. The maximum absolute atomic E-state index is 11.6. The molecule has 6 atom stereocenters. The van der Waals surface area contributed by atoms with Crippen LogP contribution in [0.15, 0.2) is 24.8 Å². The van der Waals surface area contributed by atoms with Gasteiger partial charge in [-0.15, -0.1) is 0 Å². The quantitative estimate of drug-likeness (QED) is 0.558. The van der Waals surface area contributed by atoms with Crippen LogP contribution in [0.4, 0.5) is 0 Å². The van der Waals surface area contributed by atoms with Crippen LogP contribution >= 0.6 is 0 Å². The van der Waals surface area contributed by atoms with Crippen LogP contribution in [0.25, 0.3) is 0 Å². The van der Waals surface area contributed by atoms with E-state index in [0.717, 1.165) is 18.8 Å². The number of carbonyl (C=O) groups excluding carboxylic acids is 2. The van der Waals surface area contributed by atoms with Gasteiger partial charge in [-0.1, -0.05) is 13.2 Å². The molecule has 4 nitrogen and oxygen atoms in total. The predicted octanol–water partition coefficient (Wildman–Crippen LogP) is 3.13. The molecule has 3 saturated carbocycles. The van der Waals surface area contributed by atoms with Crippen molar-refractivity contribution >= 4 is 11.9 Å². The summed E-state index contributed by atoms with van der Waals surface area (Å²) in [6, 6.07) is 0. The van der Waals surface area contributed by atoms with Gasteiger partial charge in [-0.25, -0.2) is 9.59 Å². The third kappa shape index (κ3) is 3.08. The van der Waals surface area contributed by atoms with Crippen molar-refractivity contribution < 1.29 is 19.1 Å². The molecule has 0 amide bonds. The molecule has 0 aromatic carbocycles. The Morgan fingerprint density at radius 3 is 2.52 bits per heavy atom. The van der Waals surface area contributed by atoms with Crippen molar-refractivity contribution in [3.8, 4) is 0 Å². The predicted molar refractivity (Wildman–Crippen MR) is 86.3 cm³/mol. The van der Waals surface area contributed by atoms with Gasteiger partial charge in [0.1, 0.15) is 0 Å². The van der Waals surface area contributed by atoms with Crippen LogP contribution in [0.1, 0.15) is 32.6 Å². The molecule has 0 heterocycles. The zero-order chi connectivity index (χ0) is 16.6. The van der Waals surface area contributed by atoms with Crippen LogP contribution < -0.4 is 0 Å². The zero-order valence-corrected chi connectivity index (χ0v) is 13.8. The van der Waals surface area contributed by atoms with E-state index in [2.05, 4.69) is 13.2 Å². The fraction of sp³-hybridized carbons (Fsp3) is 0.684. The normalized spacial score (nSPS) is 37.3. The zero-order valence-electron chi connectivity index (χ0n) is 13.8. The fourth-order valence-corrected chi connectivity index (χ4v) is 5.36. The first-order chi connectivity index (χ1) is 11.0. The minimum Gasteiger partial charge on any atom is -0.462 e. The molecule has 6 unspecified atom stereocenters. The third-order valence-corrected chi connectivity index (χ3v) is 6.17. The van der Waals surface area contributed by atoms with Crippen LogP contribution in [-0.2, 0) is 19.1 Å². The highest BCUT2D eigenvalue weighted by atomic mass is 16.5. The molecule has 0 aliphatic heterocycles. The van der Waals surface area contributed by atoms with Gasteiger partial charge in [0, 0.05) is 11.6 Å². The molecule has 0 radical (unpaired) electrons. The highest BCUT2D eigenvalue weighted by molar-refractivity contribution is 5.86. The molecule has 2 bridgehead atoms. The molecule has 3 aliphatic rings. The smallest absolute Gasteiger partial charge is 0.333 e. The monoisotopic (exact) mass is 318 g/mol. The molecule has 0 saturated heterocycles. The molecule has 126 valence electrons. The summed E-state index contributed by atoms with van der Waals surface area (Å²) in [5.41, 5.74) is 0.469. The van der Waals surface area contributed by atoms with Crippen molar-refractivity contribution in [2.24, 2.45) is 35.5 Å². The van der Waals surface area contributed by atoms with E-state index in [-0.39, 0.29) is 11.9 Å².